The number of para-hydroxylation sites is 2. The lowest BCUT2D eigenvalue weighted by Crippen LogP contribution is -2.43. The Labute approximate surface area is 618 Å². The smallest absolute Gasteiger partial charge is 0.462 e. The van der Waals surface area contributed by atoms with Gasteiger partial charge in [-0.3, -0.25) is 67.8 Å². The number of nitrogens with one attached hydrogen (secondary N) is 4. The second-order valence-corrected chi connectivity index (χ2v) is 31.1. The average molecular weight is 1620 g/mol. The summed E-state index contributed by atoms with van der Waals surface area (Å²) in [7, 11) is -8.38. The zero-order valence-electron chi connectivity index (χ0n) is 58.3. The second-order valence-electron chi connectivity index (χ2n) is 23.6. The molecule has 2 aromatic heterocycles. The zero-order chi connectivity index (χ0) is 79.1. The Morgan fingerprint density at radius 1 is 0.575 bits per heavy atom. The number of nitrogens with zero attached hydrogens (tertiary/aromatic N) is 4. The highest BCUT2D eigenvalue weighted by Crippen LogP contribution is 2.57. The maximum atomic E-state index is 15.4. The zero-order valence-corrected chi connectivity index (χ0v) is 63.3. The van der Waals surface area contributed by atoms with E-state index in [2.05, 4.69) is 14.7 Å². The van der Waals surface area contributed by atoms with Crippen LogP contribution in [0, 0.1) is 20.2 Å². The van der Waals surface area contributed by atoms with Crippen molar-refractivity contribution in [3.63, 3.8) is 0 Å². The van der Waals surface area contributed by atoms with Crippen LogP contribution in [-0.2, 0) is 56.3 Å². The molecule has 44 heteroatoms. The monoisotopic (exact) mass is 1620 g/mol. The van der Waals surface area contributed by atoms with Crippen LogP contribution in [0.15, 0.2) is 153 Å². The van der Waals surface area contributed by atoms with Crippen LogP contribution in [-0.4, -0.2) is 148 Å². The number of aliphatic hydroxyl groups excluding tert-OH is 3. The number of non-ortho nitro benzene ring substituents is 2. The third-order valence-electron chi connectivity index (χ3n) is 13.5. The SMILES string of the molecule is CC(C)OC(=O)[C@@H](C)N.CC(C)OC(=O)[C@@H](C)NP(=O)(Oc1ccccc1)Oc1ccc([N+](=O)[O-])cc1.CC(C)OC(=O)[C@@H](C)N[P@](=O)(OC[C@H]1O[C@@H](n2ccc(=O)[nH]c2=O)[C@](C)(F)[C@@H]1O)Oc1ccccc1.C[C@@]1(F)[C@H](O)[C@@H](CO)O[C@H]1n1ccc(=O)[nH]c1=O.Cl.O=[N+]([O-])c1ccc(OP(=O)(Cl)Cl)cc1. The van der Waals surface area contributed by atoms with Gasteiger partial charge in [-0.1, -0.05) is 36.4 Å². The molecule has 0 saturated carbocycles. The molecule has 8 rings (SSSR count). The lowest BCUT2D eigenvalue weighted by Gasteiger charge is -2.25. The van der Waals surface area contributed by atoms with Crippen molar-refractivity contribution in [2.24, 2.45) is 5.73 Å². The molecule has 0 spiro atoms. The van der Waals surface area contributed by atoms with Crippen LogP contribution in [0.3, 0.4) is 0 Å². The third-order valence-corrected chi connectivity index (χ3v) is 17.6. The van der Waals surface area contributed by atoms with Gasteiger partial charge >= 0.3 is 50.9 Å². The molecule has 6 aromatic rings. The molecule has 1 unspecified atom stereocenters. The van der Waals surface area contributed by atoms with Gasteiger partial charge in [0, 0.05) is 71.3 Å². The topological polar surface area (TPSA) is 501 Å². The number of benzene rings is 4. The lowest BCUT2D eigenvalue weighted by molar-refractivity contribution is -0.385. The van der Waals surface area contributed by atoms with Crippen LogP contribution in [0.1, 0.15) is 88.6 Å². The molecule has 36 nitrogen and oxygen atoms in total. The van der Waals surface area contributed by atoms with E-state index in [0.29, 0.717) is 0 Å². The van der Waals surface area contributed by atoms with Gasteiger partial charge in [-0.15, -0.1) is 12.4 Å². The highest BCUT2D eigenvalue weighted by Gasteiger charge is 2.57. The minimum atomic E-state index is -4.30. The summed E-state index contributed by atoms with van der Waals surface area (Å²) in [6.07, 6.45) is -11.3. The van der Waals surface area contributed by atoms with Crippen molar-refractivity contribution in [2.45, 2.75) is 161 Å². The summed E-state index contributed by atoms with van der Waals surface area (Å²) in [5.41, 5.74) is -2.87. The first kappa shape index (κ1) is 91.9. The molecule has 0 amide bonds. The minimum Gasteiger partial charge on any atom is -0.462 e. The van der Waals surface area contributed by atoms with Crippen LogP contribution >= 0.6 is 56.5 Å². The Hall–Kier alpha value is -8.29. The van der Waals surface area contributed by atoms with Crippen molar-refractivity contribution < 1.29 is 108 Å². The van der Waals surface area contributed by atoms with E-state index in [-0.39, 0.29) is 65.0 Å². The number of hydrogen-bond acceptors (Lipinski definition) is 28. The van der Waals surface area contributed by atoms with Crippen molar-refractivity contribution in [3.8, 4) is 23.0 Å². The first-order valence-corrected chi connectivity index (χ1v) is 37.7. The van der Waals surface area contributed by atoms with E-state index < -0.39 is 152 Å². The summed E-state index contributed by atoms with van der Waals surface area (Å²) in [6, 6.07) is 25.6. The number of halogens is 5. The Morgan fingerprint density at radius 3 is 1.23 bits per heavy atom. The van der Waals surface area contributed by atoms with Gasteiger partial charge in [-0.25, -0.2) is 32.1 Å². The fourth-order valence-electron chi connectivity index (χ4n) is 8.62. The predicted molar refractivity (Wildman–Crippen MR) is 380 cm³/mol. The van der Waals surface area contributed by atoms with Crippen molar-refractivity contribution in [2.75, 3.05) is 13.2 Å². The number of H-pyrrole nitrogens is 2. The van der Waals surface area contributed by atoms with Gasteiger partial charge < -0.3 is 62.8 Å². The fraction of sp³-hybridized carbons (Fsp3) is 0.435. The Kier molecular flexibility index (Phi) is 35.7. The number of carbonyl (C=O) groups is 3. The molecule has 2 aliphatic heterocycles. The number of aliphatic hydroxyl groups is 3. The molecule has 0 radical (unpaired) electrons. The molecular weight excluding hydrogens is 1540 g/mol. The van der Waals surface area contributed by atoms with Crippen molar-refractivity contribution in [1.82, 2.24) is 29.3 Å². The number of hydrogen-bond donors (Lipinski definition) is 8. The van der Waals surface area contributed by atoms with Crippen LogP contribution in [0.25, 0.3) is 0 Å². The third kappa shape index (κ3) is 29.1. The van der Waals surface area contributed by atoms with Crippen LogP contribution < -0.4 is 56.5 Å². The summed E-state index contributed by atoms with van der Waals surface area (Å²) in [5, 5.41) is 55.2. The molecule has 2 saturated heterocycles. The lowest BCUT2D eigenvalue weighted by atomic mass is 9.98. The highest BCUT2D eigenvalue weighted by molar-refractivity contribution is 8.05. The predicted octanol–water partition coefficient (Wildman–Crippen LogP) is 8.53. The number of nitro benzene ring substituents is 2. The van der Waals surface area contributed by atoms with Crippen molar-refractivity contribution in [3.05, 3.63) is 196 Å². The van der Waals surface area contributed by atoms with E-state index in [0.717, 1.165) is 47.5 Å². The summed E-state index contributed by atoms with van der Waals surface area (Å²) in [4.78, 5) is 105. The molecule has 2 aliphatic rings. The number of aromatic nitrogens is 4. The molecule has 13 atom stereocenters. The highest BCUT2D eigenvalue weighted by atomic mass is 35.9. The maximum Gasteiger partial charge on any atom is 0.513 e. The molecule has 4 aromatic carbocycles. The number of alkyl halides is 2. The number of aromatic amines is 2. The number of nitro groups is 2. The first-order valence-electron chi connectivity index (χ1n) is 31.2. The summed E-state index contributed by atoms with van der Waals surface area (Å²) in [5.74, 6) is -1.09. The standard InChI is InChI=1S/C22H29FN3O9P.C18H21N2O7P.C10H13FN2O5.C6H4Cl2NO4P.C6H13NO2.ClH/c1-13(2)33-19(29)14(3)25-36(31,35-15-8-6-5-7-9-15)32-12-16-18(28)22(4,23)20(34-16)26-11-10-17(27)24-21(26)30;1-13(2)25-18(21)14(3)19-28(24,26-16-7-5-4-6-8-16)27-17-11-9-15(10-12-17)20(22)23;1-10(11)7(16)5(4-14)18-8(10)13-3-2-6(15)12-9(13)17;7-14(8,12)13-6-3-1-5(2-4-6)9(10)11;1-4(2)9-6(8)5(3)7;/h5-11,13-14,16,18,20,28H,12H2,1-4H3,(H,25,31)(H,24,27,30);4-14H,1-3H3,(H,19,24);2-3,5,7-8,14,16H,4H2,1H3,(H,12,15,17);1-4H;4-5H,7H2,1-3H3;1H/t14-,16-,18-,20-,22-,36+;14-,28?;5-,7-,8-,10-;;5-;/m111.1./s1. The Balaban J connectivity index is 0.000000369. The van der Waals surface area contributed by atoms with E-state index in [1.165, 1.54) is 74.5 Å². The maximum absolute atomic E-state index is 15.4. The van der Waals surface area contributed by atoms with Gasteiger partial charge in [-0.2, -0.15) is 10.2 Å². The van der Waals surface area contributed by atoms with Crippen molar-refractivity contribution >= 4 is 85.7 Å². The summed E-state index contributed by atoms with van der Waals surface area (Å²) in [6.45, 7) is 15.6. The van der Waals surface area contributed by atoms with Crippen LogP contribution in [0.4, 0.5) is 20.2 Å². The normalized spacial score (nSPS) is 21.3. The second kappa shape index (κ2) is 41.2. The molecule has 106 heavy (non-hydrogen) atoms. The van der Waals surface area contributed by atoms with Gasteiger partial charge in [-0.05, 0) is 125 Å². The molecule has 4 heterocycles. The fourth-order valence-corrected chi connectivity index (χ4v) is 12.5. The minimum absolute atomic E-state index is 0. The van der Waals surface area contributed by atoms with E-state index in [4.69, 9.17) is 75.1 Å². The van der Waals surface area contributed by atoms with E-state index >= 15 is 4.39 Å². The Morgan fingerprint density at radius 2 is 0.906 bits per heavy atom. The van der Waals surface area contributed by atoms with E-state index in [1.807, 2.05) is 9.97 Å². The van der Waals surface area contributed by atoms with Gasteiger partial charge in [0.2, 0.25) is 0 Å². The van der Waals surface area contributed by atoms with Crippen LogP contribution in [0.5, 0.6) is 23.0 Å². The largest absolute Gasteiger partial charge is 0.513 e. The average Bonchev–Trinajstić information content (AvgIpc) is 1.65. The van der Waals surface area contributed by atoms with Gasteiger partial charge in [0.25, 0.3) is 22.5 Å². The molecular formula is C62H81Cl3F2N9O27P3. The molecule has 586 valence electrons. The summed E-state index contributed by atoms with van der Waals surface area (Å²) >= 11 is 10.3. The van der Waals surface area contributed by atoms with Gasteiger partial charge in [0.1, 0.15) is 65.5 Å². The van der Waals surface area contributed by atoms with Crippen LogP contribution in [0.2, 0.25) is 0 Å². The number of nitrogens with two attached hydrogens (primary N) is 1. The molecule has 9 N–H and O–H groups in total. The number of ether oxygens (including phenoxy) is 5. The molecule has 0 aliphatic carbocycles. The summed E-state index contributed by atoms with van der Waals surface area (Å²) < 4.78 is 121. The van der Waals surface area contributed by atoms with E-state index in [9.17, 15) is 82.1 Å². The van der Waals surface area contributed by atoms with Gasteiger partial charge in [0.05, 0.1) is 41.4 Å². The Bertz CT molecular complexity index is 4260. The molecule has 0 bridgehead atoms. The first-order chi connectivity index (χ1) is 48.8. The quantitative estimate of drug-likeness (QED) is 0.00828. The van der Waals surface area contributed by atoms with E-state index in [1.54, 1.807) is 97.0 Å². The number of rotatable bonds is 26. The molecule has 2 fully saturated rings. The number of carbonyl (C=O) groups excluding carboxylic acids is 3. The van der Waals surface area contributed by atoms with Gasteiger partial charge in [0.15, 0.2) is 23.8 Å². The number of esters is 3. The van der Waals surface area contributed by atoms with Crippen molar-refractivity contribution in [1.29, 1.82) is 0 Å².